The van der Waals surface area contributed by atoms with Gasteiger partial charge in [-0.2, -0.15) is 13.2 Å². The minimum atomic E-state index is -4.49. The van der Waals surface area contributed by atoms with Crippen molar-refractivity contribution in [1.29, 1.82) is 0 Å². The highest BCUT2D eigenvalue weighted by Gasteiger charge is 2.34. The van der Waals surface area contributed by atoms with Gasteiger partial charge in [-0.1, -0.05) is 18.2 Å². The molecule has 2 nitrogen and oxygen atoms in total. The lowest BCUT2D eigenvalue weighted by Gasteiger charge is -2.15. The lowest BCUT2D eigenvalue weighted by Crippen LogP contribution is -2.09. The van der Waals surface area contributed by atoms with Gasteiger partial charge in [0.2, 0.25) is 0 Å². The fourth-order valence-electron chi connectivity index (χ4n) is 1.66. The second-order valence-electron chi connectivity index (χ2n) is 4.06. The Bertz CT molecular complexity index is 614. The van der Waals surface area contributed by atoms with E-state index < -0.39 is 11.7 Å². The van der Waals surface area contributed by atoms with E-state index in [0.29, 0.717) is 11.3 Å². The average Bonchev–Trinajstić information content (AvgIpc) is 2.40. The van der Waals surface area contributed by atoms with Gasteiger partial charge in [0.05, 0.1) is 9.13 Å². The molecule has 0 saturated heterocycles. The van der Waals surface area contributed by atoms with Crippen molar-refractivity contribution in [2.45, 2.75) is 12.7 Å². The van der Waals surface area contributed by atoms with E-state index in [1.165, 1.54) is 12.1 Å². The summed E-state index contributed by atoms with van der Waals surface area (Å²) in [5.41, 5.74) is 4.97. The Labute approximate surface area is 127 Å². The molecule has 2 rings (SSSR count). The summed E-state index contributed by atoms with van der Waals surface area (Å²) in [5.74, 6) is 0.165. The molecule has 0 aliphatic heterocycles. The first kappa shape index (κ1) is 15.1. The number of hydrogen-bond acceptors (Lipinski definition) is 2. The SMILES string of the molecule is NCc1ccc(Oc2ccccc2I)c(C(F)(F)F)c1. The molecule has 0 unspecified atom stereocenters. The molecule has 2 N–H and O–H groups in total. The largest absolute Gasteiger partial charge is 0.456 e. The van der Waals surface area contributed by atoms with Gasteiger partial charge in [0.15, 0.2) is 0 Å². The molecular weight excluding hydrogens is 382 g/mol. The summed E-state index contributed by atoms with van der Waals surface area (Å²) in [4.78, 5) is 0. The van der Waals surface area contributed by atoms with Crippen LogP contribution in [0.1, 0.15) is 11.1 Å². The number of ether oxygens (including phenoxy) is 1. The topological polar surface area (TPSA) is 35.2 Å². The number of para-hydroxylation sites is 1. The fourth-order valence-corrected chi connectivity index (χ4v) is 2.16. The molecule has 0 spiro atoms. The van der Waals surface area contributed by atoms with Crippen LogP contribution in [-0.2, 0) is 12.7 Å². The highest BCUT2D eigenvalue weighted by atomic mass is 127. The van der Waals surface area contributed by atoms with Gasteiger partial charge in [-0.25, -0.2) is 0 Å². The van der Waals surface area contributed by atoms with Crippen LogP contribution in [0.25, 0.3) is 0 Å². The van der Waals surface area contributed by atoms with E-state index in [0.717, 1.165) is 9.64 Å². The summed E-state index contributed by atoms with van der Waals surface area (Å²) in [7, 11) is 0. The molecule has 0 radical (unpaired) electrons. The molecule has 0 aromatic heterocycles. The lowest BCUT2D eigenvalue weighted by atomic mass is 10.1. The second kappa shape index (κ2) is 6.01. The molecule has 0 atom stereocenters. The van der Waals surface area contributed by atoms with Crippen LogP contribution in [0.4, 0.5) is 13.2 Å². The van der Waals surface area contributed by atoms with Crippen LogP contribution in [0, 0.1) is 3.57 Å². The third-order valence-corrected chi connectivity index (χ3v) is 3.53. The van der Waals surface area contributed by atoms with Crippen LogP contribution in [0.2, 0.25) is 0 Å². The first-order valence-electron chi connectivity index (χ1n) is 5.74. The van der Waals surface area contributed by atoms with Crippen molar-refractivity contribution in [3.63, 3.8) is 0 Å². The molecule has 0 fully saturated rings. The van der Waals surface area contributed by atoms with Crippen molar-refractivity contribution in [3.8, 4) is 11.5 Å². The first-order valence-corrected chi connectivity index (χ1v) is 6.82. The van der Waals surface area contributed by atoms with Crippen LogP contribution in [0.5, 0.6) is 11.5 Å². The predicted octanol–water partition coefficient (Wildman–Crippen LogP) is 4.56. The first-order chi connectivity index (χ1) is 9.41. The van der Waals surface area contributed by atoms with E-state index in [-0.39, 0.29) is 12.3 Å². The van der Waals surface area contributed by atoms with Crippen molar-refractivity contribution in [3.05, 3.63) is 57.2 Å². The van der Waals surface area contributed by atoms with E-state index in [9.17, 15) is 13.2 Å². The Kier molecular flexibility index (Phi) is 4.54. The molecule has 6 heteroatoms. The Morgan fingerprint density at radius 2 is 1.75 bits per heavy atom. The van der Waals surface area contributed by atoms with E-state index in [1.54, 1.807) is 24.3 Å². The van der Waals surface area contributed by atoms with Crippen LogP contribution in [0.15, 0.2) is 42.5 Å². The van der Waals surface area contributed by atoms with E-state index in [1.807, 2.05) is 22.6 Å². The number of alkyl halides is 3. The zero-order valence-electron chi connectivity index (χ0n) is 10.2. The second-order valence-corrected chi connectivity index (χ2v) is 5.23. The van der Waals surface area contributed by atoms with E-state index in [4.69, 9.17) is 10.5 Å². The molecule has 2 aromatic rings. The number of benzene rings is 2. The Hall–Kier alpha value is -1.28. The van der Waals surface area contributed by atoms with Gasteiger partial charge in [0.1, 0.15) is 11.5 Å². The third-order valence-electron chi connectivity index (χ3n) is 2.64. The summed E-state index contributed by atoms with van der Waals surface area (Å²) < 4.78 is 45.3. The molecule has 0 bridgehead atoms. The maximum absolute atomic E-state index is 13.0. The Morgan fingerprint density at radius 1 is 1.05 bits per heavy atom. The van der Waals surface area contributed by atoms with E-state index >= 15 is 0 Å². The quantitative estimate of drug-likeness (QED) is 0.777. The standard InChI is InChI=1S/C14H11F3INO/c15-14(16,17)10-7-9(8-19)5-6-12(10)20-13-4-2-1-3-11(13)18/h1-7H,8,19H2. The maximum atomic E-state index is 13.0. The van der Waals surface area contributed by atoms with Gasteiger partial charge in [-0.3, -0.25) is 0 Å². The molecule has 0 amide bonds. The van der Waals surface area contributed by atoms with Crippen LogP contribution in [0.3, 0.4) is 0 Å². The molecule has 0 saturated carbocycles. The number of halogens is 4. The number of hydrogen-bond donors (Lipinski definition) is 1. The van der Waals surface area contributed by atoms with Crippen molar-refractivity contribution in [2.75, 3.05) is 0 Å². The summed E-state index contributed by atoms with van der Waals surface area (Å²) in [6.07, 6.45) is -4.49. The van der Waals surface area contributed by atoms with Crippen molar-refractivity contribution < 1.29 is 17.9 Å². The highest BCUT2D eigenvalue weighted by molar-refractivity contribution is 14.1. The molecular formula is C14H11F3INO. The van der Waals surface area contributed by atoms with Gasteiger partial charge < -0.3 is 10.5 Å². The Morgan fingerprint density at radius 3 is 2.35 bits per heavy atom. The molecule has 106 valence electrons. The van der Waals surface area contributed by atoms with Gasteiger partial charge in [-0.15, -0.1) is 0 Å². The van der Waals surface area contributed by atoms with Gasteiger partial charge in [-0.05, 0) is 52.4 Å². The van der Waals surface area contributed by atoms with Gasteiger partial charge in [0.25, 0.3) is 0 Å². The van der Waals surface area contributed by atoms with Gasteiger partial charge in [0, 0.05) is 6.54 Å². The smallest absolute Gasteiger partial charge is 0.419 e. The Balaban J connectivity index is 2.44. The van der Waals surface area contributed by atoms with Crippen LogP contribution >= 0.6 is 22.6 Å². The predicted molar refractivity (Wildman–Crippen MR) is 78.6 cm³/mol. The summed E-state index contributed by atoms with van der Waals surface area (Å²) >= 11 is 2.01. The minimum Gasteiger partial charge on any atom is -0.456 e. The number of rotatable bonds is 3. The highest BCUT2D eigenvalue weighted by Crippen LogP contribution is 2.39. The monoisotopic (exact) mass is 393 g/mol. The van der Waals surface area contributed by atoms with Crippen LogP contribution < -0.4 is 10.5 Å². The normalized spacial score (nSPS) is 11.4. The average molecular weight is 393 g/mol. The summed E-state index contributed by atoms with van der Waals surface area (Å²) in [5, 5.41) is 0. The zero-order chi connectivity index (χ0) is 14.8. The van der Waals surface area contributed by atoms with Crippen molar-refractivity contribution >= 4 is 22.6 Å². The fraction of sp³-hybridized carbons (Fsp3) is 0.143. The third kappa shape index (κ3) is 3.43. The summed E-state index contributed by atoms with van der Waals surface area (Å²) in [6.45, 7) is 0.0478. The minimum absolute atomic E-state index is 0.0478. The molecule has 0 heterocycles. The summed E-state index contributed by atoms with van der Waals surface area (Å²) in [6, 6.07) is 10.7. The maximum Gasteiger partial charge on any atom is 0.419 e. The van der Waals surface area contributed by atoms with Gasteiger partial charge >= 0.3 is 6.18 Å². The van der Waals surface area contributed by atoms with Crippen LogP contribution in [-0.4, -0.2) is 0 Å². The zero-order valence-corrected chi connectivity index (χ0v) is 12.4. The lowest BCUT2D eigenvalue weighted by molar-refractivity contribution is -0.138. The molecule has 20 heavy (non-hydrogen) atoms. The molecule has 2 aromatic carbocycles. The molecule has 0 aliphatic carbocycles. The molecule has 0 aliphatic rings. The van der Waals surface area contributed by atoms with Crippen molar-refractivity contribution in [2.24, 2.45) is 5.73 Å². The van der Waals surface area contributed by atoms with Crippen molar-refractivity contribution in [1.82, 2.24) is 0 Å². The number of nitrogens with two attached hydrogens (primary N) is 1. The van der Waals surface area contributed by atoms with E-state index in [2.05, 4.69) is 0 Å².